The van der Waals surface area contributed by atoms with Gasteiger partial charge in [0, 0.05) is 0 Å². The topological polar surface area (TPSA) is 124 Å². The Morgan fingerprint density at radius 3 is 1.73 bits per heavy atom. The first kappa shape index (κ1) is 11.7. The second kappa shape index (κ2) is 3.64. The third kappa shape index (κ3) is 3.31. The van der Waals surface area contributed by atoms with E-state index in [0.29, 0.717) is 0 Å². The van der Waals surface area contributed by atoms with Crippen molar-refractivity contribution in [2.24, 2.45) is 0 Å². The number of aliphatic hydroxyl groups is 1. The van der Waals surface area contributed by atoms with Gasteiger partial charge in [-0.3, -0.25) is 9.13 Å². The lowest BCUT2D eigenvalue weighted by Crippen LogP contribution is -2.07. The highest BCUT2D eigenvalue weighted by molar-refractivity contribution is 9.06. The zero-order chi connectivity index (χ0) is 9.28. The van der Waals surface area contributed by atoms with E-state index >= 15 is 0 Å². The van der Waals surface area contributed by atoms with Crippen LogP contribution >= 0.6 is 31.5 Å². The van der Waals surface area contributed by atoms with E-state index in [9.17, 15) is 9.13 Å². The van der Waals surface area contributed by atoms with Gasteiger partial charge in [0.2, 0.25) is 0 Å². The van der Waals surface area contributed by atoms with Crippen LogP contribution in [0.1, 0.15) is 0 Å². The van der Waals surface area contributed by atoms with Gasteiger partial charge in [-0.2, -0.15) is 0 Å². The molecular weight excluding hydrogens is 266 g/mol. The largest absolute Gasteiger partial charge is 0.379 e. The predicted molar refractivity (Wildman–Crippen MR) is 37.9 cm³/mol. The Morgan fingerprint density at radius 1 is 1.27 bits per heavy atom. The van der Waals surface area contributed by atoms with Gasteiger partial charge in [0.05, 0.1) is 0 Å². The Kier molecular flexibility index (Phi) is 3.88. The lowest BCUT2D eigenvalue weighted by molar-refractivity contribution is 0.228. The Morgan fingerprint density at radius 2 is 1.64 bits per heavy atom. The molecule has 2 unspecified atom stereocenters. The standard InChI is InChI=1S/CH5BrO7P2/c2-9-11(7,8)1(3)10(4,5)6/h1,3H,(H,7,8)(H2,4,5,6). The Hall–Kier alpha value is 0.740. The van der Waals surface area contributed by atoms with Crippen LogP contribution in [-0.2, 0) is 12.7 Å². The molecule has 0 heterocycles. The SMILES string of the molecule is O=P(O)(O)C(O)P(=O)(O)OBr. The van der Waals surface area contributed by atoms with E-state index in [0.717, 1.165) is 0 Å². The molecule has 0 saturated heterocycles. The number of hydrogen-bond donors (Lipinski definition) is 4. The average molecular weight is 271 g/mol. The van der Waals surface area contributed by atoms with Crippen molar-refractivity contribution in [2.75, 3.05) is 0 Å². The molecule has 0 aliphatic heterocycles. The van der Waals surface area contributed by atoms with Gasteiger partial charge in [-0.05, 0) is 0 Å². The van der Waals surface area contributed by atoms with Crippen molar-refractivity contribution >= 4 is 31.5 Å². The fourth-order valence-electron chi connectivity index (χ4n) is 0.226. The van der Waals surface area contributed by atoms with Crippen molar-refractivity contribution in [1.82, 2.24) is 0 Å². The van der Waals surface area contributed by atoms with E-state index in [4.69, 9.17) is 19.8 Å². The van der Waals surface area contributed by atoms with Gasteiger partial charge in [-0.25, -0.2) is 3.62 Å². The molecule has 11 heavy (non-hydrogen) atoms. The van der Waals surface area contributed by atoms with Crippen molar-refractivity contribution < 1.29 is 32.5 Å². The monoisotopic (exact) mass is 270 g/mol. The van der Waals surface area contributed by atoms with Crippen LogP contribution in [0.2, 0.25) is 0 Å². The minimum atomic E-state index is -5.01. The number of hydrogen-bond acceptors (Lipinski definition) is 4. The summed E-state index contributed by atoms with van der Waals surface area (Å²) in [4.78, 5) is 24.8. The molecule has 0 fully saturated rings. The van der Waals surface area contributed by atoms with Crippen LogP contribution in [0.25, 0.3) is 0 Å². The van der Waals surface area contributed by atoms with Crippen LogP contribution < -0.4 is 0 Å². The van der Waals surface area contributed by atoms with Crippen LogP contribution in [-0.4, -0.2) is 25.4 Å². The second-order valence-corrected chi connectivity index (χ2v) is 6.27. The first-order valence-electron chi connectivity index (χ1n) is 2.08. The fraction of sp³-hybridized carbons (Fsp3) is 1.00. The summed E-state index contributed by atoms with van der Waals surface area (Å²) in [5.41, 5.74) is -2.71. The van der Waals surface area contributed by atoms with Crippen LogP contribution in [0.4, 0.5) is 0 Å². The second-order valence-electron chi connectivity index (χ2n) is 1.57. The summed E-state index contributed by atoms with van der Waals surface area (Å²) in [5.74, 6) is 0. The molecule has 2 atom stereocenters. The molecule has 0 spiro atoms. The Labute approximate surface area is 70.1 Å². The zero-order valence-electron chi connectivity index (χ0n) is 4.86. The summed E-state index contributed by atoms with van der Waals surface area (Å²) in [6.07, 6.45) is 0. The highest BCUT2D eigenvalue weighted by atomic mass is 79.9. The highest BCUT2D eigenvalue weighted by Gasteiger charge is 2.44. The molecule has 0 aromatic carbocycles. The maximum atomic E-state index is 10.5. The summed E-state index contributed by atoms with van der Waals surface area (Å²) in [6.45, 7) is 0. The minimum Gasteiger partial charge on any atom is -0.370 e. The lowest BCUT2D eigenvalue weighted by Gasteiger charge is -2.14. The van der Waals surface area contributed by atoms with E-state index in [1.54, 1.807) is 0 Å². The van der Waals surface area contributed by atoms with Crippen molar-refractivity contribution in [3.05, 3.63) is 0 Å². The van der Waals surface area contributed by atoms with E-state index in [1.807, 2.05) is 16.3 Å². The van der Waals surface area contributed by atoms with Gasteiger partial charge in [0.25, 0.3) is 5.59 Å². The highest BCUT2D eigenvalue weighted by Crippen LogP contribution is 2.62. The first-order chi connectivity index (χ1) is 4.72. The predicted octanol–water partition coefficient (Wildman–Crippen LogP) is -0.0481. The minimum absolute atomic E-state index is 2.05. The molecule has 0 amide bonds. The van der Waals surface area contributed by atoms with Gasteiger partial charge in [0.1, 0.15) is 16.3 Å². The van der Waals surface area contributed by atoms with Crippen molar-refractivity contribution in [2.45, 2.75) is 5.59 Å². The molecule has 0 rings (SSSR count). The molecule has 0 aliphatic carbocycles. The van der Waals surface area contributed by atoms with Crippen LogP contribution in [0, 0.1) is 0 Å². The molecule has 7 nitrogen and oxygen atoms in total. The Balaban J connectivity index is 4.64. The fourth-order valence-corrected chi connectivity index (χ4v) is 2.82. The smallest absolute Gasteiger partial charge is 0.370 e. The molecule has 0 bridgehead atoms. The van der Waals surface area contributed by atoms with Crippen molar-refractivity contribution in [1.29, 1.82) is 0 Å². The Bertz CT molecular complexity index is 218. The van der Waals surface area contributed by atoms with Crippen molar-refractivity contribution in [3.8, 4) is 0 Å². The summed E-state index contributed by atoms with van der Waals surface area (Å²) in [7, 11) is -9.68. The molecule has 0 saturated carbocycles. The van der Waals surface area contributed by atoms with Gasteiger partial charge in [-0.1, -0.05) is 0 Å². The van der Waals surface area contributed by atoms with Crippen LogP contribution in [0.15, 0.2) is 0 Å². The lowest BCUT2D eigenvalue weighted by atomic mass is 11.7. The summed E-state index contributed by atoms with van der Waals surface area (Å²) in [5, 5.41) is 8.48. The van der Waals surface area contributed by atoms with Crippen molar-refractivity contribution in [3.63, 3.8) is 0 Å². The summed E-state index contributed by atoms with van der Waals surface area (Å²) >= 11 is 2.05. The normalized spacial score (nSPS) is 20.8. The summed E-state index contributed by atoms with van der Waals surface area (Å²) in [6, 6.07) is 0. The molecule has 4 N–H and O–H groups in total. The van der Waals surface area contributed by atoms with E-state index < -0.39 is 20.8 Å². The third-order valence-electron chi connectivity index (χ3n) is 0.692. The molecule has 0 aromatic heterocycles. The zero-order valence-corrected chi connectivity index (χ0v) is 8.24. The number of aliphatic hydroxyl groups excluding tert-OH is 1. The maximum absolute atomic E-state index is 10.5. The van der Waals surface area contributed by atoms with E-state index in [-0.39, 0.29) is 0 Å². The molecule has 68 valence electrons. The van der Waals surface area contributed by atoms with Gasteiger partial charge >= 0.3 is 15.2 Å². The quantitative estimate of drug-likeness (QED) is 0.530. The van der Waals surface area contributed by atoms with Gasteiger partial charge in [0.15, 0.2) is 0 Å². The molecule has 10 heteroatoms. The first-order valence-corrected chi connectivity index (χ1v) is 6.05. The number of halogens is 1. The van der Waals surface area contributed by atoms with E-state index in [1.165, 1.54) is 0 Å². The van der Waals surface area contributed by atoms with E-state index in [2.05, 4.69) is 3.62 Å². The summed E-state index contributed by atoms with van der Waals surface area (Å²) < 4.78 is 24.2. The average Bonchev–Trinajstić information content (AvgIpc) is 1.84. The van der Waals surface area contributed by atoms with Gasteiger partial charge in [-0.15, -0.1) is 0 Å². The third-order valence-corrected chi connectivity index (χ3v) is 5.10. The van der Waals surface area contributed by atoms with Crippen LogP contribution in [0.3, 0.4) is 0 Å². The van der Waals surface area contributed by atoms with Gasteiger partial charge < -0.3 is 19.8 Å². The molecule has 0 aromatic rings. The van der Waals surface area contributed by atoms with Crippen LogP contribution in [0.5, 0.6) is 0 Å². The molecule has 0 aliphatic rings. The maximum Gasteiger partial charge on any atom is 0.379 e. The number of rotatable bonds is 3. The molecule has 0 radical (unpaired) electrons. The molecular formula is CH5BrO7P2.